The van der Waals surface area contributed by atoms with Gasteiger partial charge in [-0.25, -0.2) is 4.79 Å². The molecule has 1 aliphatic carbocycles. The second-order valence-corrected chi connectivity index (χ2v) is 11.8. The lowest BCUT2D eigenvalue weighted by molar-refractivity contribution is -0.157. The summed E-state index contributed by atoms with van der Waals surface area (Å²) in [6, 6.07) is 14.0. The van der Waals surface area contributed by atoms with Crippen LogP contribution < -0.4 is 10.9 Å². The van der Waals surface area contributed by atoms with Crippen molar-refractivity contribution in [2.45, 2.75) is 71.5 Å². The van der Waals surface area contributed by atoms with Gasteiger partial charge in [0.15, 0.2) is 5.78 Å². The van der Waals surface area contributed by atoms with Gasteiger partial charge in [0.05, 0.1) is 0 Å². The van der Waals surface area contributed by atoms with E-state index in [0.29, 0.717) is 35.8 Å². The zero-order valence-electron chi connectivity index (χ0n) is 23.0. The van der Waals surface area contributed by atoms with Crippen LogP contribution in [0.5, 0.6) is 0 Å². The van der Waals surface area contributed by atoms with Crippen LogP contribution in [-0.2, 0) is 27.2 Å². The minimum atomic E-state index is -0.919. The number of Topliss-reactive ketones (excluding diaryl/α,β-unsaturated/α-hetero) is 1. The van der Waals surface area contributed by atoms with Crippen LogP contribution in [0.4, 0.5) is 0 Å². The van der Waals surface area contributed by atoms with Gasteiger partial charge < -0.3 is 14.6 Å². The van der Waals surface area contributed by atoms with Crippen LogP contribution in [0, 0.1) is 17.8 Å². The van der Waals surface area contributed by atoms with Crippen LogP contribution in [-0.4, -0.2) is 34.6 Å². The fourth-order valence-electron chi connectivity index (χ4n) is 6.15. The van der Waals surface area contributed by atoms with E-state index in [2.05, 4.69) is 17.4 Å². The predicted octanol–water partition coefficient (Wildman–Crippen LogP) is 4.61. The Bertz CT molecular complexity index is 1450. The molecule has 3 aromatic rings. The highest BCUT2D eigenvalue weighted by Gasteiger charge is 2.49. The predicted molar refractivity (Wildman–Crippen MR) is 149 cm³/mol. The van der Waals surface area contributed by atoms with Gasteiger partial charge in [-0.3, -0.25) is 14.4 Å². The Labute approximate surface area is 228 Å². The average Bonchev–Trinajstić information content (AvgIpc) is 3.31. The molecule has 39 heavy (non-hydrogen) atoms. The van der Waals surface area contributed by atoms with Crippen molar-refractivity contribution in [1.29, 1.82) is 0 Å². The first-order chi connectivity index (χ1) is 18.6. The lowest BCUT2D eigenvalue weighted by Gasteiger charge is -2.45. The molecular formula is C32H36N2O5. The second-order valence-electron chi connectivity index (χ2n) is 11.8. The Morgan fingerprint density at radius 2 is 1.64 bits per heavy atom. The van der Waals surface area contributed by atoms with E-state index < -0.39 is 23.8 Å². The molecule has 5 rings (SSSR count). The summed E-state index contributed by atoms with van der Waals surface area (Å²) in [7, 11) is 0. The number of carbonyl (C=O) groups excluding carboxylic acids is 3. The highest BCUT2D eigenvalue weighted by atomic mass is 16.4. The molecular weight excluding hydrogens is 492 g/mol. The Balaban J connectivity index is 1.59. The zero-order chi connectivity index (χ0) is 27.8. The highest BCUT2D eigenvalue weighted by molar-refractivity contribution is 6.01. The minimum Gasteiger partial charge on any atom is -0.423 e. The summed E-state index contributed by atoms with van der Waals surface area (Å²) in [6.07, 6.45) is 2.12. The minimum absolute atomic E-state index is 0.0759. The SMILES string of the molecule is CC(C)CC(=O)[C@@H](c1ccc2oc(=O)ccc2c1)N1C(=O)[C@@H](C2Cc3ccccc3C2)NC(=O)[C@H]1CC(C)C. The number of carbonyl (C=O) groups is 3. The van der Waals surface area contributed by atoms with Crippen molar-refractivity contribution >= 4 is 28.6 Å². The smallest absolute Gasteiger partial charge is 0.336 e. The molecule has 1 aromatic heterocycles. The van der Waals surface area contributed by atoms with Gasteiger partial charge in [-0.1, -0.05) is 58.0 Å². The number of hydrogen-bond donors (Lipinski definition) is 1. The number of nitrogens with one attached hydrogen (secondary N) is 1. The van der Waals surface area contributed by atoms with Gasteiger partial charge in [-0.2, -0.15) is 0 Å². The molecule has 1 saturated heterocycles. The third kappa shape index (κ3) is 5.40. The van der Waals surface area contributed by atoms with E-state index in [9.17, 15) is 19.2 Å². The normalized spacial score (nSPS) is 20.5. The first-order valence-corrected chi connectivity index (χ1v) is 13.9. The lowest BCUT2D eigenvalue weighted by atomic mass is 9.86. The van der Waals surface area contributed by atoms with Crippen molar-refractivity contribution in [3.8, 4) is 0 Å². The van der Waals surface area contributed by atoms with E-state index in [0.717, 1.165) is 0 Å². The van der Waals surface area contributed by atoms with Crippen LogP contribution in [0.25, 0.3) is 11.0 Å². The molecule has 204 valence electrons. The molecule has 0 bridgehead atoms. The maximum atomic E-state index is 14.4. The molecule has 3 atom stereocenters. The summed E-state index contributed by atoms with van der Waals surface area (Å²) in [5.41, 5.74) is 2.97. The molecule has 0 spiro atoms. The van der Waals surface area contributed by atoms with Gasteiger partial charge in [0.25, 0.3) is 0 Å². The molecule has 0 saturated carbocycles. The van der Waals surface area contributed by atoms with Crippen LogP contribution in [0.15, 0.2) is 63.8 Å². The second kappa shape index (κ2) is 10.8. The van der Waals surface area contributed by atoms with E-state index in [1.807, 2.05) is 39.8 Å². The van der Waals surface area contributed by atoms with E-state index in [-0.39, 0.29) is 41.8 Å². The molecule has 7 nitrogen and oxygen atoms in total. The Hall–Kier alpha value is -3.74. The van der Waals surface area contributed by atoms with Gasteiger partial charge in [0, 0.05) is 17.9 Å². The van der Waals surface area contributed by atoms with Crippen molar-refractivity contribution in [1.82, 2.24) is 10.2 Å². The number of hydrogen-bond acceptors (Lipinski definition) is 5. The van der Waals surface area contributed by atoms with Gasteiger partial charge in [0.1, 0.15) is 23.7 Å². The van der Waals surface area contributed by atoms with Crippen LogP contribution in [0.3, 0.4) is 0 Å². The first kappa shape index (κ1) is 26.9. The lowest BCUT2D eigenvalue weighted by Crippen LogP contribution is -2.66. The van der Waals surface area contributed by atoms with Crippen LogP contribution >= 0.6 is 0 Å². The number of amides is 2. The topological polar surface area (TPSA) is 96.7 Å². The molecule has 7 heteroatoms. The first-order valence-electron chi connectivity index (χ1n) is 13.9. The van der Waals surface area contributed by atoms with Crippen molar-refractivity contribution in [2.24, 2.45) is 17.8 Å². The molecule has 2 heterocycles. The van der Waals surface area contributed by atoms with Gasteiger partial charge in [-0.15, -0.1) is 0 Å². The van der Waals surface area contributed by atoms with Crippen molar-refractivity contribution in [2.75, 3.05) is 0 Å². The summed E-state index contributed by atoms with van der Waals surface area (Å²) in [5, 5.41) is 3.72. The fourth-order valence-corrected chi connectivity index (χ4v) is 6.15. The summed E-state index contributed by atoms with van der Waals surface area (Å²) in [6.45, 7) is 7.97. The quantitative estimate of drug-likeness (QED) is 0.431. The van der Waals surface area contributed by atoms with E-state index in [1.165, 1.54) is 17.2 Å². The number of piperazine rings is 1. The van der Waals surface area contributed by atoms with E-state index >= 15 is 0 Å². The molecule has 1 fully saturated rings. The maximum Gasteiger partial charge on any atom is 0.336 e. The number of nitrogens with zero attached hydrogens (tertiary/aromatic N) is 1. The van der Waals surface area contributed by atoms with Gasteiger partial charge in [0.2, 0.25) is 11.8 Å². The summed E-state index contributed by atoms with van der Waals surface area (Å²) >= 11 is 0. The summed E-state index contributed by atoms with van der Waals surface area (Å²) in [5.74, 6) is -0.385. The maximum absolute atomic E-state index is 14.4. The number of benzene rings is 2. The standard InChI is InChI=1S/C32H36N2O5/c1-18(2)13-25-31(37)33-29(24-15-20-7-5-6-8-21(20)16-24)32(38)34(25)30(26(35)14-19(3)4)23-9-11-27-22(17-23)10-12-28(36)39-27/h5-12,17-19,24-25,29-30H,13-16H2,1-4H3,(H,33,37)/t25-,29-,30-/m1/s1. The Morgan fingerprint density at radius 3 is 2.28 bits per heavy atom. The van der Waals surface area contributed by atoms with E-state index in [4.69, 9.17) is 4.42 Å². The molecule has 0 radical (unpaired) electrons. The molecule has 1 aliphatic heterocycles. The third-order valence-corrected chi connectivity index (χ3v) is 7.86. The highest BCUT2D eigenvalue weighted by Crippen LogP contribution is 2.37. The summed E-state index contributed by atoms with van der Waals surface area (Å²) < 4.78 is 5.31. The fraction of sp³-hybridized carbons (Fsp3) is 0.438. The van der Waals surface area contributed by atoms with Gasteiger partial charge in [-0.05, 0) is 71.9 Å². The van der Waals surface area contributed by atoms with Crippen LogP contribution in [0.1, 0.15) is 63.3 Å². The molecule has 0 unspecified atom stereocenters. The zero-order valence-corrected chi connectivity index (χ0v) is 23.0. The van der Waals surface area contributed by atoms with Gasteiger partial charge >= 0.3 is 5.63 Å². The number of fused-ring (bicyclic) bond motifs is 2. The summed E-state index contributed by atoms with van der Waals surface area (Å²) in [4.78, 5) is 55.3. The monoisotopic (exact) mass is 528 g/mol. The Morgan fingerprint density at radius 1 is 0.949 bits per heavy atom. The number of rotatable bonds is 8. The van der Waals surface area contributed by atoms with E-state index in [1.54, 1.807) is 29.2 Å². The van der Waals surface area contributed by atoms with Crippen molar-refractivity contribution in [3.05, 3.63) is 81.7 Å². The van der Waals surface area contributed by atoms with Crippen molar-refractivity contribution < 1.29 is 18.8 Å². The van der Waals surface area contributed by atoms with Crippen LogP contribution in [0.2, 0.25) is 0 Å². The number of ketones is 1. The largest absolute Gasteiger partial charge is 0.423 e. The molecule has 2 amide bonds. The molecule has 2 aromatic carbocycles. The van der Waals surface area contributed by atoms with Crippen molar-refractivity contribution in [3.63, 3.8) is 0 Å². The Kier molecular flexibility index (Phi) is 7.43. The molecule has 2 aliphatic rings. The third-order valence-electron chi connectivity index (χ3n) is 7.86. The molecule has 1 N–H and O–H groups in total. The average molecular weight is 529 g/mol.